The minimum absolute atomic E-state index is 0.307. The molecule has 0 aliphatic heterocycles. The molecule has 0 bridgehead atoms. The molecular formula is C11H14ClN3S2. The van der Waals surface area contributed by atoms with Gasteiger partial charge in [-0.3, -0.25) is 0 Å². The summed E-state index contributed by atoms with van der Waals surface area (Å²) in [5.41, 5.74) is 0. The lowest BCUT2D eigenvalue weighted by Crippen LogP contribution is -2.19. The molecule has 0 spiro atoms. The van der Waals surface area contributed by atoms with Crippen LogP contribution in [-0.4, -0.2) is 16.7 Å². The Hall–Kier alpha value is -0.490. The molecule has 6 heteroatoms. The molecule has 0 saturated heterocycles. The van der Waals surface area contributed by atoms with E-state index in [0.29, 0.717) is 6.04 Å². The van der Waals surface area contributed by atoms with Crippen LogP contribution in [0.5, 0.6) is 0 Å². The molecular weight excluding hydrogens is 274 g/mol. The van der Waals surface area contributed by atoms with Crippen molar-refractivity contribution < 1.29 is 0 Å². The highest BCUT2D eigenvalue weighted by atomic mass is 35.5. The summed E-state index contributed by atoms with van der Waals surface area (Å²) >= 11 is 9.10. The largest absolute Gasteiger partial charge is 0.308 e. The van der Waals surface area contributed by atoms with Gasteiger partial charge in [0.05, 0.1) is 15.3 Å². The first-order chi connectivity index (χ1) is 8.24. The molecule has 0 radical (unpaired) electrons. The van der Waals surface area contributed by atoms with Crippen molar-refractivity contribution in [1.29, 1.82) is 0 Å². The molecule has 17 heavy (non-hydrogen) atoms. The Morgan fingerprint density at radius 1 is 1.29 bits per heavy atom. The van der Waals surface area contributed by atoms with Gasteiger partial charge in [0.1, 0.15) is 5.01 Å². The molecule has 2 heterocycles. The van der Waals surface area contributed by atoms with Gasteiger partial charge in [-0.15, -0.1) is 21.5 Å². The fraction of sp³-hybridized carbons (Fsp3) is 0.455. The molecule has 0 amide bonds. The number of thiophene rings is 1. The van der Waals surface area contributed by atoms with Crippen molar-refractivity contribution in [3.05, 3.63) is 21.5 Å². The fourth-order valence-electron chi connectivity index (χ4n) is 1.56. The van der Waals surface area contributed by atoms with Crippen molar-refractivity contribution in [2.45, 2.75) is 26.3 Å². The van der Waals surface area contributed by atoms with Crippen LogP contribution in [0.1, 0.15) is 31.3 Å². The van der Waals surface area contributed by atoms with Crippen LogP contribution in [0.25, 0.3) is 9.88 Å². The van der Waals surface area contributed by atoms with Crippen LogP contribution in [0.15, 0.2) is 12.1 Å². The maximum atomic E-state index is 5.92. The summed E-state index contributed by atoms with van der Waals surface area (Å²) in [6.07, 6.45) is 1.02. The predicted molar refractivity (Wildman–Crippen MR) is 74.9 cm³/mol. The number of halogens is 1. The monoisotopic (exact) mass is 287 g/mol. The normalized spacial score (nSPS) is 12.9. The molecule has 2 rings (SSSR count). The Bertz CT molecular complexity index is 481. The highest BCUT2D eigenvalue weighted by Gasteiger charge is 2.15. The van der Waals surface area contributed by atoms with E-state index >= 15 is 0 Å². The van der Waals surface area contributed by atoms with E-state index in [2.05, 4.69) is 29.4 Å². The molecule has 0 saturated carbocycles. The Balaban J connectivity index is 2.20. The average Bonchev–Trinajstić information content (AvgIpc) is 2.94. The Morgan fingerprint density at radius 3 is 2.71 bits per heavy atom. The minimum Gasteiger partial charge on any atom is -0.308 e. The zero-order chi connectivity index (χ0) is 12.3. The summed E-state index contributed by atoms with van der Waals surface area (Å²) in [7, 11) is 0. The third-order valence-corrected chi connectivity index (χ3v) is 4.82. The van der Waals surface area contributed by atoms with Crippen molar-refractivity contribution in [2.24, 2.45) is 0 Å². The minimum atomic E-state index is 0.307. The maximum absolute atomic E-state index is 5.92. The SMILES string of the molecule is CCNC(CC)c1nnc(-c2ccc(Cl)s2)s1. The lowest BCUT2D eigenvalue weighted by Gasteiger charge is -2.10. The van der Waals surface area contributed by atoms with Crippen LogP contribution >= 0.6 is 34.3 Å². The van der Waals surface area contributed by atoms with Gasteiger partial charge in [0.25, 0.3) is 0 Å². The van der Waals surface area contributed by atoms with E-state index in [0.717, 1.165) is 32.2 Å². The first-order valence-corrected chi connectivity index (χ1v) is 7.58. The van der Waals surface area contributed by atoms with Gasteiger partial charge in [-0.2, -0.15) is 0 Å². The molecule has 0 aliphatic carbocycles. The Morgan fingerprint density at radius 2 is 2.12 bits per heavy atom. The van der Waals surface area contributed by atoms with E-state index in [9.17, 15) is 0 Å². The van der Waals surface area contributed by atoms with E-state index < -0.39 is 0 Å². The molecule has 2 aromatic heterocycles. The van der Waals surface area contributed by atoms with Crippen molar-refractivity contribution in [3.63, 3.8) is 0 Å². The summed E-state index contributed by atoms with van der Waals surface area (Å²) in [6, 6.07) is 4.19. The maximum Gasteiger partial charge on any atom is 0.157 e. The third-order valence-electron chi connectivity index (χ3n) is 2.38. The van der Waals surface area contributed by atoms with Crippen LogP contribution in [0.4, 0.5) is 0 Å². The van der Waals surface area contributed by atoms with E-state index in [1.807, 2.05) is 12.1 Å². The second-order valence-corrected chi connectivity index (χ2v) is 6.29. The molecule has 2 aromatic rings. The summed E-state index contributed by atoms with van der Waals surface area (Å²) < 4.78 is 0.787. The van der Waals surface area contributed by atoms with E-state index in [1.165, 1.54) is 11.3 Å². The van der Waals surface area contributed by atoms with E-state index in [-0.39, 0.29) is 0 Å². The molecule has 0 fully saturated rings. The molecule has 3 nitrogen and oxygen atoms in total. The zero-order valence-corrected chi connectivity index (χ0v) is 12.1. The van der Waals surface area contributed by atoms with Crippen LogP contribution in [0.2, 0.25) is 4.34 Å². The number of rotatable bonds is 5. The lowest BCUT2D eigenvalue weighted by atomic mass is 10.2. The first-order valence-electron chi connectivity index (χ1n) is 5.57. The number of nitrogens with zero attached hydrogens (tertiary/aromatic N) is 2. The number of hydrogen-bond acceptors (Lipinski definition) is 5. The summed E-state index contributed by atoms with van der Waals surface area (Å²) in [5.74, 6) is 0. The van der Waals surface area contributed by atoms with Gasteiger partial charge in [-0.1, -0.05) is 36.8 Å². The van der Waals surface area contributed by atoms with Crippen molar-refractivity contribution >= 4 is 34.3 Å². The van der Waals surface area contributed by atoms with Gasteiger partial charge in [0, 0.05) is 0 Å². The molecule has 1 unspecified atom stereocenters. The summed E-state index contributed by atoms with van der Waals surface area (Å²) in [5, 5.41) is 13.9. The van der Waals surface area contributed by atoms with Crippen molar-refractivity contribution in [1.82, 2.24) is 15.5 Å². The fourth-order valence-corrected chi connectivity index (χ4v) is 3.65. The second kappa shape index (κ2) is 5.91. The smallest absolute Gasteiger partial charge is 0.157 e. The average molecular weight is 288 g/mol. The van der Waals surface area contributed by atoms with Gasteiger partial charge in [-0.05, 0) is 25.1 Å². The van der Waals surface area contributed by atoms with Crippen molar-refractivity contribution in [2.75, 3.05) is 6.54 Å². The molecule has 1 N–H and O–H groups in total. The zero-order valence-electron chi connectivity index (χ0n) is 9.74. The quantitative estimate of drug-likeness (QED) is 0.904. The second-order valence-electron chi connectivity index (χ2n) is 3.57. The van der Waals surface area contributed by atoms with Gasteiger partial charge in [-0.25, -0.2) is 0 Å². The standard InChI is InChI=1S/C11H14ClN3S2/c1-3-7(13-4-2)10-14-15-11(17-10)8-5-6-9(12)16-8/h5-7,13H,3-4H2,1-2H3. The van der Waals surface area contributed by atoms with Gasteiger partial charge in [0.2, 0.25) is 0 Å². The molecule has 1 atom stereocenters. The van der Waals surface area contributed by atoms with Crippen LogP contribution in [0, 0.1) is 0 Å². The van der Waals surface area contributed by atoms with Crippen LogP contribution in [0.3, 0.4) is 0 Å². The highest BCUT2D eigenvalue weighted by molar-refractivity contribution is 7.23. The number of aromatic nitrogens is 2. The Kier molecular flexibility index (Phi) is 4.50. The Labute approximate surface area is 114 Å². The molecule has 0 aromatic carbocycles. The number of nitrogens with one attached hydrogen (secondary N) is 1. The van der Waals surface area contributed by atoms with Gasteiger partial charge < -0.3 is 5.32 Å². The van der Waals surface area contributed by atoms with E-state index in [1.54, 1.807) is 11.3 Å². The lowest BCUT2D eigenvalue weighted by molar-refractivity contribution is 0.531. The van der Waals surface area contributed by atoms with E-state index in [4.69, 9.17) is 11.6 Å². The summed E-state index contributed by atoms with van der Waals surface area (Å²) in [6.45, 7) is 5.19. The van der Waals surface area contributed by atoms with Crippen LogP contribution in [-0.2, 0) is 0 Å². The first kappa shape index (κ1) is 13.0. The third kappa shape index (κ3) is 3.04. The van der Waals surface area contributed by atoms with Gasteiger partial charge >= 0.3 is 0 Å². The molecule has 0 aliphatic rings. The topological polar surface area (TPSA) is 37.8 Å². The summed E-state index contributed by atoms with van der Waals surface area (Å²) in [4.78, 5) is 1.09. The highest BCUT2D eigenvalue weighted by Crippen LogP contribution is 2.34. The number of hydrogen-bond donors (Lipinski definition) is 1. The van der Waals surface area contributed by atoms with Gasteiger partial charge in [0.15, 0.2) is 5.01 Å². The van der Waals surface area contributed by atoms with Crippen LogP contribution < -0.4 is 5.32 Å². The predicted octanol–water partition coefficient (Wildman–Crippen LogP) is 3.98. The molecule has 92 valence electrons. The van der Waals surface area contributed by atoms with Crippen molar-refractivity contribution in [3.8, 4) is 9.88 Å².